The highest BCUT2D eigenvalue weighted by molar-refractivity contribution is 7.15. The van der Waals surface area contributed by atoms with E-state index in [2.05, 4.69) is 15.3 Å². The molecule has 1 N–H and O–H groups in total. The summed E-state index contributed by atoms with van der Waals surface area (Å²) >= 11 is 13.5. The summed E-state index contributed by atoms with van der Waals surface area (Å²) in [6.45, 7) is 0. The molecular weight excluding hydrogens is 461 g/mol. The Bertz CT molecular complexity index is 1460. The van der Waals surface area contributed by atoms with Gasteiger partial charge in [0.15, 0.2) is 5.13 Å². The zero-order chi connectivity index (χ0) is 22.3. The fourth-order valence-corrected chi connectivity index (χ4v) is 4.28. The van der Waals surface area contributed by atoms with Gasteiger partial charge < -0.3 is 0 Å². The topological polar surface area (TPSA) is 98.9 Å². The van der Waals surface area contributed by atoms with Crippen molar-refractivity contribution < 1.29 is 4.79 Å². The van der Waals surface area contributed by atoms with E-state index in [1.54, 1.807) is 24.4 Å². The number of fused-ring (bicyclic) bond motifs is 1. The van der Waals surface area contributed by atoms with Gasteiger partial charge in [-0.05, 0) is 29.8 Å². The zero-order valence-electron chi connectivity index (χ0n) is 16.3. The van der Waals surface area contributed by atoms with E-state index >= 15 is 0 Å². The summed E-state index contributed by atoms with van der Waals surface area (Å²) in [7, 11) is 2.89. The molecule has 0 aliphatic heterocycles. The zero-order valence-corrected chi connectivity index (χ0v) is 18.7. The summed E-state index contributed by atoms with van der Waals surface area (Å²) in [5, 5.41) is 4.46. The number of aromatic nitrogens is 4. The molecule has 0 spiro atoms. The number of aryl methyl sites for hydroxylation is 1. The number of pyridine rings is 1. The number of carbonyl (C=O) groups excluding carboxylic acids is 1. The highest BCUT2D eigenvalue weighted by Gasteiger charge is 2.15. The Kier molecular flexibility index (Phi) is 5.65. The van der Waals surface area contributed by atoms with Crippen molar-refractivity contribution in [2.75, 3.05) is 5.32 Å². The van der Waals surface area contributed by atoms with Crippen LogP contribution in [0.5, 0.6) is 0 Å². The first kappa shape index (κ1) is 21.2. The molecule has 4 rings (SSSR count). The number of nitrogens with one attached hydrogen (secondary N) is 1. The number of anilines is 1. The average Bonchev–Trinajstić information content (AvgIpc) is 3.19. The Balaban J connectivity index is 1.58. The van der Waals surface area contributed by atoms with Crippen LogP contribution in [-0.4, -0.2) is 25.0 Å². The van der Waals surface area contributed by atoms with Gasteiger partial charge in [0.1, 0.15) is 5.65 Å². The Morgan fingerprint density at radius 1 is 1.10 bits per heavy atom. The number of benzene rings is 1. The lowest BCUT2D eigenvalue weighted by Gasteiger charge is -2.08. The molecule has 158 valence electrons. The molecular formula is C20H15Cl2N5O3S. The molecule has 0 radical (unpaired) electrons. The average molecular weight is 476 g/mol. The Hall–Kier alpha value is -3.01. The monoisotopic (exact) mass is 475 g/mol. The van der Waals surface area contributed by atoms with Crippen LogP contribution < -0.4 is 16.6 Å². The second-order valence-electron chi connectivity index (χ2n) is 6.80. The molecule has 3 heterocycles. The molecule has 0 atom stereocenters. The number of nitrogens with zero attached hydrogens (tertiary/aromatic N) is 4. The van der Waals surface area contributed by atoms with Crippen LogP contribution in [0.4, 0.5) is 5.13 Å². The molecule has 0 saturated carbocycles. The minimum atomic E-state index is -0.518. The minimum Gasteiger partial charge on any atom is -0.298 e. The third kappa shape index (κ3) is 4.12. The van der Waals surface area contributed by atoms with Crippen molar-refractivity contribution in [3.05, 3.63) is 83.5 Å². The van der Waals surface area contributed by atoms with Crippen LogP contribution in [0, 0.1) is 0 Å². The van der Waals surface area contributed by atoms with Crippen LogP contribution in [0.1, 0.15) is 20.8 Å². The van der Waals surface area contributed by atoms with Crippen molar-refractivity contribution in [1.82, 2.24) is 19.1 Å². The smallest absolute Gasteiger partial charge is 0.298 e. The molecule has 11 heteroatoms. The Labute approximate surface area is 189 Å². The van der Waals surface area contributed by atoms with Gasteiger partial charge in [-0.3, -0.25) is 24.0 Å². The molecule has 0 saturated heterocycles. The van der Waals surface area contributed by atoms with Gasteiger partial charge >= 0.3 is 5.69 Å². The normalized spacial score (nSPS) is 11.1. The number of rotatable bonds is 4. The van der Waals surface area contributed by atoms with Gasteiger partial charge in [-0.25, -0.2) is 14.8 Å². The van der Waals surface area contributed by atoms with Gasteiger partial charge in [0, 0.05) is 47.8 Å². The van der Waals surface area contributed by atoms with Crippen molar-refractivity contribution >= 4 is 56.6 Å². The number of carbonyl (C=O) groups is 1. The minimum absolute atomic E-state index is 0.174. The second-order valence-corrected chi connectivity index (χ2v) is 8.76. The number of hydrogen-bond donors (Lipinski definition) is 1. The molecule has 4 aromatic rings. The maximum Gasteiger partial charge on any atom is 0.332 e. The van der Waals surface area contributed by atoms with Gasteiger partial charge in [0.05, 0.1) is 10.9 Å². The molecule has 3 aromatic heterocycles. The predicted octanol–water partition coefficient (Wildman–Crippen LogP) is 3.24. The number of amides is 1. The van der Waals surface area contributed by atoms with Crippen molar-refractivity contribution in [2.45, 2.75) is 6.42 Å². The standard InChI is InChI=1S/C20H15Cl2N5O3S/c1-26-16-14(18(29)27(2)20(26)30)7-11(8-23-16)17(28)25-19-24-9-13(31-19)6-10-5-12(21)3-4-15(10)22/h3-5,7-9H,6H2,1-2H3,(H,24,25,28). The lowest BCUT2D eigenvalue weighted by atomic mass is 10.1. The van der Waals surface area contributed by atoms with E-state index in [0.717, 1.165) is 15.0 Å². The molecule has 0 bridgehead atoms. The van der Waals surface area contributed by atoms with Crippen molar-refractivity contribution in [2.24, 2.45) is 14.1 Å². The molecule has 31 heavy (non-hydrogen) atoms. The first-order valence-electron chi connectivity index (χ1n) is 9.00. The molecule has 0 unspecified atom stereocenters. The summed E-state index contributed by atoms with van der Waals surface area (Å²) in [6, 6.07) is 6.65. The van der Waals surface area contributed by atoms with Crippen LogP contribution in [0.3, 0.4) is 0 Å². The molecule has 8 nitrogen and oxygen atoms in total. The van der Waals surface area contributed by atoms with Gasteiger partial charge in [-0.2, -0.15) is 0 Å². The van der Waals surface area contributed by atoms with Crippen LogP contribution in [0.15, 0.2) is 46.2 Å². The summed E-state index contributed by atoms with van der Waals surface area (Å²) < 4.78 is 2.23. The number of halogens is 2. The first-order chi connectivity index (χ1) is 14.7. The third-order valence-corrected chi connectivity index (χ3v) is 6.22. The highest BCUT2D eigenvalue weighted by atomic mass is 35.5. The molecule has 0 fully saturated rings. The molecule has 0 aliphatic rings. The Morgan fingerprint density at radius 2 is 1.87 bits per heavy atom. The van der Waals surface area contributed by atoms with E-state index in [1.807, 2.05) is 0 Å². The number of hydrogen-bond acceptors (Lipinski definition) is 6. The summed E-state index contributed by atoms with van der Waals surface area (Å²) in [5.41, 5.74) is 0.237. The third-order valence-electron chi connectivity index (χ3n) is 4.70. The van der Waals surface area contributed by atoms with Crippen LogP contribution in [-0.2, 0) is 20.5 Å². The SMILES string of the molecule is Cn1c(=O)c2cc(C(=O)Nc3ncc(Cc4cc(Cl)ccc4Cl)s3)cnc2n(C)c1=O. The summed E-state index contributed by atoms with van der Waals surface area (Å²) in [6.07, 6.45) is 3.49. The van der Waals surface area contributed by atoms with E-state index in [-0.39, 0.29) is 16.6 Å². The summed E-state index contributed by atoms with van der Waals surface area (Å²) in [4.78, 5) is 46.3. The quantitative estimate of drug-likeness (QED) is 0.488. The largest absolute Gasteiger partial charge is 0.332 e. The predicted molar refractivity (Wildman–Crippen MR) is 122 cm³/mol. The van der Waals surface area contributed by atoms with E-state index < -0.39 is 17.2 Å². The van der Waals surface area contributed by atoms with E-state index in [4.69, 9.17) is 23.2 Å². The van der Waals surface area contributed by atoms with Gasteiger partial charge in [0.2, 0.25) is 0 Å². The lowest BCUT2D eigenvalue weighted by Crippen LogP contribution is -2.37. The fourth-order valence-electron chi connectivity index (χ4n) is 3.07. The van der Waals surface area contributed by atoms with Crippen molar-refractivity contribution in [3.63, 3.8) is 0 Å². The first-order valence-corrected chi connectivity index (χ1v) is 10.6. The summed E-state index contributed by atoms with van der Waals surface area (Å²) in [5.74, 6) is -0.466. The van der Waals surface area contributed by atoms with E-state index in [9.17, 15) is 14.4 Å². The lowest BCUT2D eigenvalue weighted by molar-refractivity contribution is 0.102. The van der Waals surface area contributed by atoms with Crippen LogP contribution in [0.2, 0.25) is 10.0 Å². The maximum atomic E-state index is 12.7. The Morgan fingerprint density at radius 3 is 2.65 bits per heavy atom. The van der Waals surface area contributed by atoms with Crippen molar-refractivity contribution in [1.29, 1.82) is 0 Å². The second kappa shape index (κ2) is 8.26. The van der Waals surface area contributed by atoms with Gasteiger partial charge in [-0.1, -0.05) is 23.2 Å². The molecule has 1 aromatic carbocycles. The van der Waals surface area contributed by atoms with E-state index in [0.29, 0.717) is 21.6 Å². The maximum absolute atomic E-state index is 12.7. The van der Waals surface area contributed by atoms with Crippen LogP contribution >= 0.6 is 34.5 Å². The van der Waals surface area contributed by atoms with Crippen LogP contribution in [0.25, 0.3) is 11.0 Å². The fraction of sp³-hybridized carbons (Fsp3) is 0.150. The molecule has 1 amide bonds. The van der Waals surface area contributed by atoms with Gasteiger partial charge in [-0.15, -0.1) is 11.3 Å². The molecule has 0 aliphatic carbocycles. The van der Waals surface area contributed by atoms with Crippen molar-refractivity contribution in [3.8, 4) is 0 Å². The van der Waals surface area contributed by atoms with Gasteiger partial charge in [0.25, 0.3) is 11.5 Å². The highest BCUT2D eigenvalue weighted by Crippen LogP contribution is 2.27. The number of thiazole rings is 1. The van der Waals surface area contributed by atoms with E-state index in [1.165, 1.54) is 42.3 Å².